The largest absolute Gasteiger partial charge is 0.448 e. The number of benzene rings is 1. The van der Waals surface area contributed by atoms with Crippen LogP contribution in [0.3, 0.4) is 0 Å². The molecule has 0 fully saturated rings. The summed E-state index contributed by atoms with van der Waals surface area (Å²) in [5, 5.41) is 0. The van der Waals surface area contributed by atoms with E-state index in [-0.39, 0.29) is 0 Å². The van der Waals surface area contributed by atoms with Crippen LogP contribution in [0.15, 0.2) is 39.4 Å². The van der Waals surface area contributed by atoms with E-state index in [1.807, 2.05) is 24.3 Å². The van der Waals surface area contributed by atoms with Crippen LogP contribution in [0.25, 0.3) is 0 Å². The van der Waals surface area contributed by atoms with Crippen LogP contribution in [0, 0.1) is 0 Å². The Morgan fingerprint density at radius 2 is 2.13 bits per heavy atom. The van der Waals surface area contributed by atoms with Gasteiger partial charge in [-0.2, -0.15) is 0 Å². The smallest absolute Gasteiger partial charge is 0.198 e. The Balaban J connectivity index is 2.18. The van der Waals surface area contributed by atoms with Crippen LogP contribution >= 0.6 is 15.9 Å². The maximum absolute atomic E-state index is 5.45. The summed E-state index contributed by atoms with van der Waals surface area (Å²) in [7, 11) is 0. The first-order chi connectivity index (χ1) is 7.29. The van der Waals surface area contributed by atoms with Gasteiger partial charge in [0.2, 0.25) is 0 Å². The first-order valence-electron chi connectivity index (χ1n) is 4.66. The molecule has 1 aromatic carbocycles. The lowest BCUT2D eigenvalue weighted by Crippen LogP contribution is -1.97. The Kier molecular flexibility index (Phi) is 3.18. The van der Waals surface area contributed by atoms with E-state index in [9.17, 15) is 0 Å². The first kappa shape index (κ1) is 10.4. The van der Waals surface area contributed by atoms with Crippen LogP contribution < -0.4 is 5.73 Å². The molecule has 0 spiro atoms. The molecule has 2 N–H and O–H groups in total. The maximum atomic E-state index is 5.45. The van der Waals surface area contributed by atoms with E-state index in [1.165, 1.54) is 0 Å². The summed E-state index contributed by atoms with van der Waals surface area (Å²) in [4.78, 5) is 4.25. The van der Waals surface area contributed by atoms with Gasteiger partial charge in [0.1, 0.15) is 6.26 Å². The minimum Gasteiger partial charge on any atom is -0.448 e. The number of oxazole rings is 1. The molecule has 1 heterocycles. The third-order valence-electron chi connectivity index (χ3n) is 2.11. The van der Waals surface area contributed by atoms with Crippen LogP contribution in [-0.4, -0.2) is 4.98 Å². The fourth-order valence-electron chi connectivity index (χ4n) is 1.33. The SMILES string of the molecule is NCc1coc(Cc2ccccc2Br)n1. The van der Waals surface area contributed by atoms with Crippen molar-refractivity contribution in [2.24, 2.45) is 5.73 Å². The van der Waals surface area contributed by atoms with E-state index < -0.39 is 0 Å². The zero-order chi connectivity index (χ0) is 10.7. The van der Waals surface area contributed by atoms with Gasteiger partial charge in [-0.1, -0.05) is 34.1 Å². The quantitative estimate of drug-likeness (QED) is 0.929. The van der Waals surface area contributed by atoms with Crippen molar-refractivity contribution in [3.05, 3.63) is 52.1 Å². The molecule has 0 bridgehead atoms. The Labute approximate surface area is 96.4 Å². The van der Waals surface area contributed by atoms with Crippen molar-refractivity contribution in [3.63, 3.8) is 0 Å². The van der Waals surface area contributed by atoms with Crippen molar-refractivity contribution in [1.82, 2.24) is 4.98 Å². The summed E-state index contributed by atoms with van der Waals surface area (Å²) in [6.07, 6.45) is 2.29. The average molecular weight is 267 g/mol. The number of rotatable bonds is 3. The number of hydrogen-bond acceptors (Lipinski definition) is 3. The minimum atomic E-state index is 0.416. The molecule has 0 unspecified atom stereocenters. The summed E-state index contributed by atoms with van der Waals surface area (Å²) < 4.78 is 6.37. The van der Waals surface area contributed by atoms with Crippen molar-refractivity contribution in [1.29, 1.82) is 0 Å². The van der Waals surface area contributed by atoms with Gasteiger partial charge in [0.05, 0.1) is 12.1 Å². The maximum Gasteiger partial charge on any atom is 0.198 e. The molecule has 0 saturated heterocycles. The van der Waals surface area contributed by atoms with Crippen molar-refractivity contribution in [3.8, 4) is 0 Å². The Hall–Kier alpha value is -1.13. The number of nitrogens with two attached hydrogens (primary N) is 1. The molecule has 4 heteroatoms. The summed E-state index contributed by atoms with van der Waals surface area (Å²) >= 11 is 3.48. The monoisotopic (exact) mass is 266 g/mol. The van der Waals surface area contributed by atoms with Gasteiger partial charge in [-0.15, -0.1) is 0 Å². The molecule has 0 aliphatic heterocycles. The lowest BCUT2D eigenvalue weighted by Gasteiger charge is -1.99. The van der Waals surface area contributed by atoms with Gasteiger partial charge in [0.25, 0.3) is 0 Å². The highest BCUT2D eigenvalue weighted by Gasteiger charge is 2.05. The van der Waals surface area contributed by atoms with Gasteiger partial charge in [0.15, 0.2) is 5.89 Å². The van der Waals surface area contributed by atoms with Gasteiger partial charge in [-0.3, -0.25) is 0 Å². The third kappa shape index (κ3) is 2.46. The van der Waals surface area contributed by atoms with Gasteiger partial charge >= 0.3 is 0 Å². The zero-order valence-electron chi connectivity index (χ0n) is 8.11. The summed E-state index contributed by atoms with van der Waals surface area (Å²) in [6.45, 7) is 0.416. The van der Waals surface area contributed by atoms with E-state index in [2.05, 4.69) is 20.9 Å². The Morgan fingerprint density at radius 1 is 1.33 bits per heavy atom. The van der Waals surface area contributed by atoms with Crippen LogP contribution in [-0.2, 0) is 13.0 Å². The molecule has 2 rings (SSSR count). The fourth-order valence-corrected chi connectivity index (χ4v) is 1.75. The Morgan fingerprint density at radius 3 is 2.80 bits per heavy atom. The van der Waals surface area contributed by atoms with Gasteiger partial charge in [-0.05, 0) is 11.6 Å². The van der Waals surface area contributed by atoms with Crippen molar-refractivity contribution in [2.75, 3.05) is 0 Å². The second-order valence-corrected chi connectivity index (χ2v) is 4.06. The lowest BCUT2D eigenvalue weighted by molar-refractivity contribution is 0.506. The summed E-state index contributed by atoms with van der Waals surface area (Å²) in [5.41, 5.74) is 7.40. The highest BCUT2D eigenvalue weighted by Crippen LogP contribution is 2.19. The summed E-state index contributed by atoms with van der Waals surface area (Å²) in [5.74, 6) is 0.697. The summed E-state index contributed by atoms with van der Waals surface area (Å²) in [6, 6.07) is 8.01. The van der Waals surface area contributed by atoms with E-state index in [1.54, 1.807) is 6.26 Å². The molecule has 78 valence electrons. The normalized spacial score (nSPS) is 10.5. The highest BCUT2D eigenvalue weighted by atomic mass is 79.9. The molecule has 0 saturated carbocycles. The predicted molar refractivity (Wildman–Crippen MR) is 61.3 cm³/mol. The predicted octanol–water partition coefficient (Wildman–Crippen LogP) is 2.49. The van der Waals surface area contributed by atoms with Crippen LogP contribution in [0.4, 0.5) is 0 Å². The second kappa shape index (κ2) is 4.59. The minimum absolute atomic E-state index is 0.416. The third-order valence-corrected chi connectivity index (χ3v) is 2.88. The molecule has 0 radical (unpaired) electrons. The molecule has 3 nitrogen and oxygen atoms in total. The number of nitrogens with zero attached hydrogens (tertiary/aromatic N) is 1. The van der Waals surface area contributed by atoms with E-state index in [0.717, 1.165) is 15.7 Å². The lowest BCUT2D eigenvalue weighted by atomic mass is 10.1. The van der Waals surface area contributed by atoms with Crippen LogP contribution in [0.5, 0.6) is 0 Å². The van der Waals surface area contributed by atoms with E-state index in [4.69, 9.17) is 10.2 Å². The second-order valence-electron chi connectivity index (χ2n) is 3.20. The standard InChI is InChI=1S/C11H11BrN2O/c12-10-4-2-1-3-8(10)5-11-14-9(6-13)7-15-11/h1-4,7H,5-6,13H2. The highest BCUT2D eigenvalue weighted by molar-refractivity contribution is 9.10. The average Bonchev–Trinajstić information content (AvgIpc) is 2.69. The van der Waals surface area contributed by atoms with Crippen molar-refractivity contribution in [2.45, 2.75) is 13.0 Å². The molecule has 15 heavy (non-hydrogen) atoms. The molecule has 0 amide bonds. The molecular formula is C11H11BrN2O. The van der Waals surface area contributed by atoms with E-state index >= 15 is 0 Å². The molecular weight excluding hydrogens is 256 g/mol. The van der Waals surface area contributed by atoms with Gasteiger partial charge < -0.3 is 10.2 Å². The van der Waals surface area contributed by atoms with Gasteiger partial charge in [-0.25, -0.2) is 4.98 Å². The van der Waals surface area contributed by atoms with Crippen molar-refractivity contribution >= 4 is 15.9 Å². The van der Waals surface area contributed by atoms with Crippen LogP contribution in [0.1, 0.15) is 17.1 Å². The molecule has 0 aliphatic rings. The number of hydrogen-bond donors (Lipinski definition) is 1. The van der Waals surface area contributed by atoms with Crippen LogP contribution in [0.2, 0.25) is 0 Å². The first-order valence-corrected chi connectivity index (χ1v) is 5.45. The number of halogens is 1. The zero-order valence-corrected chi connectivity index (χ0v) is 9.70. The molecule has 0 atom stereocenters. The van der Waals surface area contributed by atoms with E-state index in [0.29, 0.717) is 18.9 Å². The molecule has 1 aromatic heterocycles. The van der Waals surface area contributed by atoms with Crippen molar-refractivity contribution < 1.29 is 4.42 Å². The van der Waals surface area contributed by atoms with Gasteiger partial charge in [0, 0.05) is 11.0 Å². The topological polar surface area (TPSA) is 52.0 Å². The molecule has 0 aliphatic carbocycles. The number of aromatic nitrogens is 1. The molecule has 2 aromatic rings. The Bertz CT molecular complexity index is 453. The fraction of sp³-hybridized carbons (Fsp3) is 0.182.